The van der Waals surface area contributed by atoms with E-state index >= 15 is 0 Å². The normalized spacial score (nSPS) is 24.9. The van der Waals surface area contributed by atoms with Gasteiger partial charge in [-0.3, -0.25) is 0 Å². The van der Waals surface area contributed by atoms with Crippen LogP contribution in [0.2, 0.25) is 0 Å². The molecule has 3 heterocycles. The van der Waals surface area contributed by atoms with Crippen LogP contribution in [0.25, 0.3) is 20.2 Å². The predicted octanol–water partition coefficient (Wildman–Crippen LogP) is 6.96. The molecule has 2 aromatic heterocycles. The molecule has 4 aromatic rings. The fourth-order valence-corrected chi connectivity index (χ4v) is 8.26. The van der Waals surface area contributed by atoms with E-state index in [2.05, 4.69) is 124 Å². The second kappa shape index (κ2) is 9.38. The molecule has 196 valence electrons. The van der Waals surface area contributed by atoms with E-state index < -0.39 is 12.2 Å². The van der Waals surface area contributed by atoms with Crippen LogP contribution < -0.4 is 9.80 Å². The lowest BCUT2D eigenvalue weighted by Gasteiger charge is -2.45. The van der Waals surface area contributed by atoms with Gasteiger partial charge in [-0.15, -0.1) is 22.7 Å². The SMILES string of the molecule is CN(C)c1ccc(-c2ccc(-c3ccc(C4C(O)C(C=C5N(C)c6ccccc6C5(C)C)C4O)s3)s2)cc1. The highest BCUT2D eigenvalue weighted by molar-refractivity contribution is 7.23. The van der Waals surface area contributed by atoms with Crippen LogP contribution in [0, 0.1) is 5.92 Å². The zero-order chi connectivity index (χ0) is 26.8. The number of nitrogens with zero attached hydrogens (tertiary/aromatic N) is 2. The summed E-state index contributed by atoms with van der Waals surface area (Å²) in [5, 5.41) is 22.4. The lowest BCUT2D eigenvalue weighted by Crippen LogP contribution is -2.52. The monoisotopic (exact) mass is 542 g/mol. The Kier molecular flexibility index (Phi) is 6.27. The highest BCUT2D eigenvalue weighted by atomic mass is 32.1. The molecule has 6 rings (SSSR count). The first kappa shape index (κ1) is 25.4. The molecule has 0 bridgehead atoms. The molecule has 1 saturated carbocycles. The van der Waals surface area contributed by atoms with Gasteiger partial charge in [0.05, 0.1) is 12.2 Å². The van der Waals surface area contributed by atoms with Crippen molar-refractivity contribution in [1.82, 2.24) is 0 Å². The molecule has 2 aliphatic rings. The first-order valence-electron chi connectivity index (χ1n) is 13.1. The van der Waals surface area contributed by atoms with Crippen LogP contribution in [-0.2, 0) is 5.41 Å². The number of anilines is 2. The van der Waals surface area contributed by atoms with Crippen molar-refractivity contribution in [3.63, 3.8) is 0 Å². The van der Waals surface area contributed by atoms with Crippen molar-refractivity contribution < 1.29 is 10.2 Å². The third-order valence-corrected chi connectivity index (χ3v) is 10.8. The number of allylic oxidation sites excluding steroid dienone is 1. The van der Waals surface area contributed by atoms with Gasteiger partial charge in [0.15, 0.2) is 0 Å². The number of fused-ring (bicyclic) bond motifs is 1. The number of rotatable bonds is 5. The zero-order valence-electron chi connectivity index (χ0n) is 22.4. The van der Waals surface area contributed by atoms with Crippen molar-refractivity contribution in [2.75, 3.05) is 30.9 Å². The van der Waals surface area contributed by atoms with Crippen LogP contribution in [0.4, 0.5) is 11.4 Å². The number of hydrogen-bond acceptors (Lipinski definition) is 6. The fourth-order valence-electron chi connectivity index (χ4n) is 5.97. The van der Waals surface area contributed by atoms with E-state index in [1.807, 2.05) is 0 Å². The maximum absolute atomic E-state index is 11.2. The lowest BCUT2D eigenvalue weighted by molar-refractivity contribution is -0.0935. The number of aliphatic hydroxyl groups excluding tert-OH is 2. The summed E-state index contributed by atoms with van der Waals surface area (Å²) in [6.07, 6.45) is 0.894. The number of thiophene rings is 2. The van der Waals surface area contributed by atoms with Gasteiger partial charge in [0.25, 0.3) is 0 Å². The van der Waals surface area contributed by atoms with Crippen molar-refractivity contribution in [3.8, 4) is 20.2 Å². The van der Waals surface area contributed by atoms with Gasteiger partial charge in [0, 0.05) is 75.0 Å². The Labute approximate surface area is 233 Å². The summed E-state index contributed by atoms with van der Waals surface area (Å²) in [5.74, 6) is -0.541. The third kappa shape index (κ3) is 4.02. The first-order valence-corrected chi connectivity index (χ1v) is 14.7. The lowest BCUT2D eigenvalue weighted by atomic mass is 9.67. The van der Waals surface area contributed by atoms with E-state index in [0.29, 0.717) is 0 Å². The summed E-state index contributed by atoms with van der Waals surface area (Å²) in [6, 6.07) is 25.6. The maximum atomic E-state index is 11.2. The van der Waals surface area contributed by atoms with Gasteiger partial charge in [0.2, 0.25) is 0 Å². The average Bonchev–Trinajstić information content (AvgIpc) is 3.62. The van der Waals surface area contributed by atoms with Crippen LogP contribution >= 0.6 is 22.7 Å². The number of aliphatic hydroxyl groups is 2. The molecule has 1 aliphatic carbocycles. The van der Waals surface area contributed by atoms with Crippen molar-refractivity contribution in [2.24, 2.45) is 5.92 Å². The summed E-state index contributed by atoms with van der Waals surface area (Å²) >= 11 is 3.46. The molecular weight excluding hydrogens is 508 g/mol. The Morgan fingerprint density at radius 3 is 2.13 bits per heavy atom. The number of likely N-dealkylation sites (N-methyl/N-ethyl adjacent to an activating group) is 1. The van der Waals surface area contributed by atoms with E-state index in [1.54, 1.807) is 22.7 Å². The Morgan fingerprint density at radius 1 is 0.816 bits per heavy atom. The second-order valence-electron chi connectivity index (χ2n) is 11.1. The topological polar surface area (TPSA) is 46.9 Å². The van der Waals surface area contributed by atoms with Crippen molar-refractivity contribution in [3.05, 3.63) is 95.0 Å². The third-order valence-electron chi connectivity index (χ3n) is 8.29. The molecule has 6 heteroatoms. The smallest absolute Gasteiger partial charge is 0.0730 e. The van der Waals surface area contributed by atoms with Gasteiger partial charge in [-0.25, -0.2) is 0 Å². The molecule has 0 radical (unpaired) electrons. The summed E-state index contributed by atoms with van der Waals surface area (Å²) in [4.78, 5) is 8.97. The quantitative estimate of drug-likeness (QED) is 0.286. The Hall–Kier alpha value is -2.90. The Bertz CT molecular complexity index is 1490. The minimum absolute atomic E-state index is 0.171. The Morgan fingerprint density at radius 2 is 1.45 bits per heavy atom. The molecule has 1 aliphatic heterocycles. The molecular formula is C32H34N2O2S2. The molecule has 0 saturated heterocycles. The van der Waals surface area contributed by atoms with Gasteiger partial charge < -0.3 is 20.0 Å². The molecule has 2 aromatic carbocycles. The predicted molar refractivity (Wildman–Crippen MR) is 162 cm³/mol. The highest BCUT2D eigenvalue weighted by Crippen LogP contribution is 2.51. The number of hydrogen-bond donors (Lipinski definition) is 2. The minimum atomic E-state index is -0.606. The highest BCUT2D eigenvalue weighted by Gasteiger charge is 2.51. The van der Waals surface area contributed by atoms with Gasteiger partial charge in [0.1, 0.15) is 0 Å². The molecule has 38 heavy (non-hydrogen) atoms. The molecule has 0 amide bonds. The van der Waals surface area contributed by atoms with Gasteiger partial charge >= 0.3 is 0 Å². The number of para-hydroxylation sites is 1. The molecule has 0 spiro atoms. The fraction of sp³-hybridized carbons (Fsp3) is 0.312. The van der Waals surface area contributed by atoms with Crippen LogP contribution in [0.1, 0.15) is 30.2 Å². The molecule has 2 unspecified atom stereocenters. The van der Waals surface area contributed by atoms with Crippen LogP contribution in [0.3, 0.4) is 0 Å². The summed E-state index contributed by atoms with van der Waals surface area (Å²) in [7, 11) is 6.18. The zero-order valence-corrected chi connectivity index (χ0v) is 24.1. The van der Waals surface area contributed by atoms with E-state index in [1.165, 1.54) is 37.1 Å². The second-order valence-corrected chi connectivity index (χ2v) is 13.3. The van der Waals surface area contributed by atoms with Crippen molar-refractivity contribution in [1.29, 1.82) is 0 Å². The van der Waals surface area contributed by atoms with E-state index in [-0.39, 0.29) is 17.3 Å². The Balaban J connectivity index is 1.19. The maximum Gasteiger partial charge on any atom is 0.0730 e. The summed E-state index contributed by atoms with van der Waals surface area (Å²) < 4.78 is 0. The number of benzene rings is 2. The average molecular weight is 543 g/mol. The van der Waals surface area contributed by atoms with Crippen molar-refractivity contribution >= 4 is 34.0 Å². The van der Waals surface area contributed by atoms with Crippen LogP contribution in [-0.4, -0.2) is 43.6 Å². The molecule has 2 N–H and O–H groups in total. The minimum Gasteiger partial charge on any atom is -0.392 e. The van der Waals surface area contributed by atoms with E-state index in [0.717, 1.165) is 10.6 Å². The van der Waals surface area contributed by atoms with Crippen LogP contribution in [0.5, 0.6) is 0 Å². The first-order chi connectivity index (χ1) is 18.2. The summed E-state index contributed by atoms with van der Waals surface area (Å²) in [6.45, 7) is 4.43. The molecule has 1 fully saturated rings. The van der Waals surface area contributed by atoms with E-state index in [9.17, 15) is 10.2 Å². The van der Waals surface area contributed by atoms with E-state index in [4.69, 9.17) is 0 Å². The summed E-state index contributed by atoms with van der Waals surface area (Å²) in [5.41, 5.74) is 5.84. The molecule has 2 atom stereocenters. The van der Waals surface area contributed by atoms with Gasteiger partial charge in [-0.2, -0.15) is 0 Å². The van der Waals surface area contributed by atoms with Crippen molar-refractivity contribution in [2.45, 2.75) is 37.4 Å². The van der Waals surface area contributed by atoms with Gasteiger partial charge in [-0.1, -0.05) is 50.3 Å². The van der Waals surface area contributed by atoms with Gasteiger partial charge in [-0.05, 0) is 53.6 Å². The van der Waals surface area contributed by atoms with Crippen LogP contribution in [0.15, 0.2) is 84.6 Å². The molecule has 4 nitrogen and oxygen atoms in total. The standard InChI is InChI=1S/C32H34N2O2S2/c1-32(2)22-8-6-7-9-23(22)34(5)28(32)18-21-30(35)29(31(21)36)27-17-16-26(38-27)25-15-14-24(37-25)19-10-12-20(13-11-19)33(3)4/h6-18,21,29-31,35-36H,1-5H3. The largest absolute Gasteiger partial charge is 0.392 e.